The molecule has 1 atom stereocenters. The highest BCUT2D eigenvalue weighted by Gasteiger charge is 2.30. The molecule has 2 aliphatic rings. The van der Waals surface area contributed by atoms with Gasteiger partial charge < -0.3 is 14.7 Å². The fourth-order valence-electron chi connectivity index (χ4n) is 3.66. The number of nitrogens with one attached hydrogen (secondary N) is 2. The van der Waals surface area contributed by atoms with Crippen molar-refractivity contribution in [1.82, 2.24) is 14.9 Å². The summed E-state index contributed by atoms with van der Waals surface area (Å²) in [5, 5.41) is 13.3. The molecule has 0 unspecified atom stereocenters. The number of amides is 3. The maximum absolute atomic E-state index is 14.2. The molecule has 9 nitrogen and oxygen atoms in total. The number of aliphatic hydroxyl groups is 1. The van der Waals surface area contributed by atoms with E-state index in [0.717, 1.165) is 19.3 Å². The van der Waals surface area contributed by atoms with Crippen molar-refractivity contribution >= 4 is 22.0 Å². The van der Waals surface area contributed by atoms with Crippen LogP contribution in [0.2, 0.25) is 0 Å². The maximum atomic E-state index is 14.2. The number of nitrogens with zero attached hydrogens (tertiary/aromatic N) is 1. The van der Waals surface area contributed by atoms with Crippen LogP contribution in [0.5, 0.6) is 5.75 Å². The molecule has 1 aromatic rings. The van der Waals surface area contributed by atoms with Crippen LogP contribution in [0.3, 0.4) is 0 Å². The Labute approximate surface area is 199 Å². The fourth-order valence-corrected chi connectivity index (χ4v) is 4.63. The van der Waals surface area contributed by atoms with Gasteiger partial charge in [-0.05, 0) is 42.9 Å². The number of halogens is 1. The Hall–Kier alpha value is -2.50. The number of hydrogen-bond donors (Lipinski definition) is 3. The molecule has 3 rings (SSSR count). The van der Waals surface area contributed by atoms with Crippen LogP contribution in [-0.2, 0) is 20.4 Å². The lowest BCUT2D eigenvalue weighted by Gasteiger charge is -2.29. The van der Waals surface area contributed by atoms with Crippen molar-refractivity contribution in [1.29, 1.82) is 0 Å². The first-order chi connectivity index (χ1) is 16.1. The van der Waals surface area contributed by atoms with Crippen LogP contribution < -0.4 is 14.8 Å². The number of carbonyl (C=O) groups is 2. The molecule has 0 bridgehead atoms. The van der Waals surface area contributed by atoms with Crippen LogP contribution in [-0.4, -0.2) is 62.4 Å². The number of urea groups is 1. The molecular formula is C23H32FN3O6S. The molecule has 188 valence electrons. The molecule has 1 aliphatic carbocycles. The predicted molar refractivity (Wildman–Crippen MR) is 124 cm³/mol. The van der Waals surface area contributed by atoms with Gasteiger partial charge in [-0.1, -0.05) is 31.6 Å². The Kier molecular flexibility index (Phi) is 8.67. The number of sulfonamides is 1. The van der Waals surface area contributed by atoms with Crippen LogP contribution in [0.25, 0.3) is 0 Å². The molecule has 1 aliphatic heterocycles. The third kappa shape index (κ3) is 7.00. The SMILES string of the molecule is CC[C@@](O)(CNS(=O)(=O)C/C=C/CN1CCC(=O)NC1=O)c1ccc(F)c(OCC2CCC2)c1. The molecule has 1 saturated heterocycles. The number of carbonyl (C=O) groups excluding carboxylic acids is 2. The Morgan fingerprint density at radius 1 is 1.32 bits per heavy atom. The minimum absolute atomic E-state index is 0.0468. The Morgan fingerprint density at radius 2 is 2.09 bits per heavy atom. The van der Waals surface area contributed by atoms with Crippen LogP contribution in [0.1, 0.15) is 44.6 Å². The van der Waals surface area contributed by atoms with Crippen molar-refractivity contribution < 1.29 is 32.2 Å². The Balaban J connectivity index is 1.55. The normalized spacial score (nSPS) is 19.1. The van der Waals surface area contributed by atoms with E-state index >= 15 is 0 Å². The molecule has 1 saturated carbocycles. The van der Waals surface area contributed by atoms with Gasteiger partial charge in [0.25, 0.3) is 0 Å². The highest BCUT2D eigenvalue weighted by molar-refractivity contribution is 7.89. The highest BCUT2D eigenvalue weighted by atomic mass is 32.2. The Morgan fingerprint density at radius 3 is 2.74 bits per heavy atom. The lowest BCUT2D eigenvalue weighted by Crippen LogP contribution is -2.49. The number of hydrogen-bond acceptors (Lipinski definition) is 6. The first-order valence-corrected chi connectivity index (χ1v) is 13.1. The van der Waals surface area contributed by atoms with Crippen molar-refractivity contribution in [2.24, 2.45) is 5.92 Å². The lowest BCUT2D eigenvalue weighted by atomic mass is 9.86. The van der Waals surface area contributed by atoms with E-state index in [2.05, 4.69) is 10.0 Å². The second-order valence-electron chi connectivity index (χ2n) is 8.76. The maximum Gasteiger partial charge on any atom is 0.324 e. The van der Waals surface area contributed by atoms with Gasteiger partial charge in [0.15, 0.2) is 11.6 Å². The zero-order chi connectivity index (χ0) is 24.8. The van der Waals surface area contributed by atoms with E-state index in [1.165, 1.54) is 35.3 Å². The monoisotopic (exact) mass is 497 g/mol. The smallest absolute Gasteiger partial charge is 0.324 e. The summed E-state index contributed by atoms with van der Waals surface area (Å²) in [5.41, 5.74) is -1.18. The van der Waals surface area contributed by atoms with E-state index in [0.29, 0.717) is 18.1 Å². The predicted octanol–water partition coefficient (Wildman–Crippen LogP) is 2.02. The van der Waals surface area contributed by atoms with Gasteiger partial charge in [-0.2, -0.15) is 0 Å². The molecule has 0 radical (unpaired) electrons. The van der Waals surface area contributed by atoms with Crippen molar-refractivity contribution in [2.45, 2.75) is 44.6 Å². The molecular weight excluding hydrogens is 465 g/mol. The third-order valence-electron chi connectivity index (χ3n) is 6.29. The van der Waals surface area contributed by atoms with Crippen LogP contribution in [0.15, 0.2) is 30.4 Å². The van der Waals surface area contributed by atoms with Crippen LogP contribution in [0, 0.1) is 11.7 Å². The second-order valence-corrected chi connectivity index (χ2v) is 10.6. The van der Waals surface area contributed by atoms with E-state index in [9.17, 15) is 27.5 Å². The number of rotatable bonds is 12. The van der Waals surface area contributed by atoms with Crippen molar-refractivity contribution in [3.8, 4) is 5.75 Å². The van der Waals surface area contributed by atoms with E-state index < -0.39 is 27.5 Å². The summed E-state index contributed by atoms with van der Waals surface area (Å²) < 4.78 is 47.1. The van der Waals surface area contributed by atoms with Gasteiger partial charge in [0.1, 0.15) is 5.60 Å². The molecule has 0 spiro atoms. The van der Waals surface area contributed by atoms with Gasteiger partial charge in [0, 0.05) is 26.1 Å². The van der Waals surface area contributed by atoms with Gasteiger partial charge >= 0.3 is 6.03 Å². The standard InChI is InChI=1S/C23H32FN3O6S/c1-2-23(30,18-8-9-19(24)20(14-18)33-15-17-6-5-7-17)16-25-34(31,32)13-4-3-11-27-12-10-21(28)26-22(27)29/h3-4,8-9,14,17,25,30H,2,5-7,10-13,15-16H2,1H3,(H,26,28,29)/b4-3+/t23-/m1/s1. The minimum atomic E-state index is -3.77. The summed E-state index contributed by atoms with van der Waals surface area (Å²) in [6.45, 7) is 2.28. The average Bonchev–Trinajstić information content (AvgIpc) is 2.76. The van der Waals surface area contributed by atoms with Crippen LogP contribution in [0.4, 0.5) is 9.18 Å². The van der Waals surface area contributed by atoms with E-state index in [1.807, 2.05) is 0 Å². The van der Waals surface area contributed by atoms with Gasteiger partial charge in [0.2, 0.25) is 15.9 Å². The summed E-state index contributed by atoms with van der Waals surface area (Å²) in [6.07, 6.45) is 6.60. The highest BCUT2D eigenvalue weighted by Crippen LogP contribution is 2.31. The summed E-state index contributed by atoms with van der Waals surface area (Å²) >= 11 is 0. The average molecular weight is 498 g/mol. The minimum Gasteiger partial charge on any atom is -0.490 e. The van der Waals surface area contributed by atoms with Gasteiger partial charge in [-0.15, -0.1) is 0 Å². The topological polar surface area (TPSA) is 125 Å². The fraction of sp³-hybridized carbons (Fsp3) is 0.565. The molecule has 1 heterocycles. The molecule has 0 aromatic heterocycles. The van der Waals surface area contributed by atoms with E-state index in [4.69, 9.17) is 4.74 Å². The summed E-state index contributed by atoms with van der Waals surface area (Å²) in [7, 11) is -3.77. The Bertz CT molecular complexity index is 1030. The zero-order valence-electron chi connectivity index (χ0n) is 19.3. The largest absolute Gasteiger partial charge is 0.490 e. The zero-order valence-corrected chi connectivity index (χ0v) is 20.1. The van der Waals surface area contributed by atoms with Gasteiger partial charge in [-0.3, -0.25) is 10.1 Å². The summed E-state index contributed by atoms with van der Waals surface area (Å²) in [5.74, 6) is -0.747. The molecule has 34 heavy (non-hydrogen) atoms. The number of ether oxygens (including phenoxy) is 1. The second kappa shape index (κ2) is 11.3. The first-order valence-electron chi connectivity index (χ1n) is 11.5. The van der Waals surface area contributed by atoms with Crippen molar-refractivity contribution in [3.05, 3.63) is 41.7 Å². The first kappa shape index (κ1) is 26.1. The molecule has 1 aromatic carbocycles. The lowest BCUT2D eigenvalue weighted by molar-refractivity contribution is -0.121. The van der Waals surface area contributed by atoms with E-state index in [-0.39, 0.29) is 49.9 Å². The third-order valence-corrected chi connectivity index (χ3v) is 7.50. The van der Waals surface area contributed by atoms with E-state index in [1.54, 1.807) is 6.92 Å². The van der Waals surface area contributed by atoms with Crippen molar-refractivity contribution in [2.75, 3.05) is 32.0 Å². The molecule has 2 fully saturated rings. The molecule has 3 amide bonds. The molecule has 11 heteroatoms. The van der Waals surface area contributed by atoms with Crippen molar-refractivity contribution in [3.63, 3.8) is 0 Å². The summed E-state index contributed by atoms with van der Waals surface area (Å²) in [4.78, 5) is 24.2. The number of benzene rings is 1. The van der Waals surface area contributed by atoms with Crippen LogP contribution >= 0.6 is 0 Å². The quantitative estimate of drug-likeness (QED) is 0.380. The van der Waals surface area contributed by atoms with Gasteiger partial charge in [-0.25, -0.2) is 22.3 Å². The van der Waals surface area contributed by atoms with Gasteiger partial charge in [0.05, 0.1) is 12.4 Å². The molecule has 3 N–H and O–H groups in total. The summed E-state index contributed by atoms with van der Waals surface area (Å²) in [6, 6.07) is 3.57. The number of imide groups is 1.